The molecule has 4 rings (SSSR count). The Balaban J connectivity index is 1.40. The molecule has 1 fully saturated rings. The summed E-state index contributed by atoms with van der Waals surface area (Å²) >= 11 is 5.88. The highest BCUT2D eigenvalue weighted by Crippen LogP contribution is 2.41. The number of aryl methyl sites for hydroxylation is 1. The van der Waals surface area contributed by atoms with Crippen molar-refractivity contribution in [1.82, 2.24) is 20.4 Å². The maximum absolute atomic E-state index is 12.7. The molecule has 1 saturated heterocycles. The van der Waals surface area contributed by atoms with E-state index >= 15 is 0 Å². The number of rotatable bonds is 7. The maximum atomic E-state index is 12.7. The third-order valence-corrected chi connectivity index (χ3v) is 8.90. The predicted octanol–water partition coefficient (Wildman–Crippen LogP) is 3.10. The van der Waals surface area contributed by atoms with Crippen molar-refractivity contribution >= 4 is 70.2 Å². The summed E-state index contributed by atoms with van der Waals surface area (Å²) in [6.07, 6.45) is 1.96. The largest absolute Gasteiger partial charge is 0.477 e. The second-order valence-corrected chi connectivity index (χ2v) is 11.2. The van der Waals surface area contributed by atoms with E-state index in [2.05, 4.69) is 20.8 Å². The van der Waals surface area contributed by atoms with E-state index in [4.69, 9.17) is 0 Å². The van der Waals surface area contributed by atoms with Crippen molar-refractivity contribution in [2.75, 3.05) is 23.1 Å². The van der Waals surface area contributed by atoms with E-state index in [-0.39, 0.29) is 5.70 Å². The van der Waals surface area contributed by atoms with Gasteiger partial charge in [0.05, 0.1) is 0 Å². The fourth-order valence-electron chi connectivity index (χ4n) is 3.26. The van der Waals surface area contributed by atoms with Crippen LogP contribution < -0.4 is 10.6 Å². The van der Waals surface area contributed by atoms with Crippen LogP contribution in [0.1, 0.15) is 5.01 Å². The van der Waals surface area contributed by atoms with Gasteiger partial charge in [-0.1, -0.05) is 23.1 Å². The Hall–Kier alpha value is -2.22. The number of benzene rings is 1. The molecule has 1 aromatic carbocycles. The van der Waals surface area contributed by atoms with Gasteiger partial charge in [0.2, 0.25) is 0 Å². The van der Waals surface area contributed by atoms with E-state index in [0.29, 0.717) is 22.8 Å². The number of urea groups is 1. The second-order valence-electron chi connectivity index (χ2n) is 6.85. The molecule has 0 aliphatic carbocycles. The van der Waals surface area contributed by atoms with E-state index in [1.165, 1.54) is 39.8 Å². The van der Waals surface area contributed by atoms with Crippen molar-refractivity contribution in [1.29, 1.82) is 0 Å². The number of nitrogens with one attached hydrogen (secondary N) is 2. The summed E-state index contributed by atoms with van der Waals surface area (Å²) < 4.78 is 0.753. The van der Waals surface area contributed by atoms with Crippen molar-refractivity contribution in [3.63, 3.8) is 0 Å². The number of aromatic nitrogens is 2. The third-order valence-electron chi connectivity index (χ3n) is 4.76. The smallest absolute Gasteiger partial charge is 0.352 e. The number of amides is 3. The van der Waals surface area contributed by atoms with Gasteiger partial charge in [-0.2, -0.15) is 0 Å². The van der Waals surface area contributed by atoms with Crippen LogP contribution in [0.3, 0.4) is 0 Å². The molecule has 0 radical (unpaired) electrons. The topological polar surface area (TPSA) is 125 Å². The van der Waals surface area contributed by atoms with Gasteiger partial charge in [-0.05, 0) is 43.0 Å². The number of fused-ring (bicyclic) bond motifs is 1. The molecule has 3 amide bonds. The van der Waals surface area contributed by atoms with Crippen molar-refractivity contribution < 1.29 is 19.5 Å². The molecular weight excluding hydrogens is 491 g/mol. The standard InChI is InChI=1S/C19H19N5O4S4/c1-9-22-23-19(32-9)31-8-10-7-30-16-13(15(25)24(16)14(10)17(26)27)21-18(28)20-11-3-5-12(29-2)6-4-11/h3-6,13,16H,7-8H2,1-2H3,(H,26,27)(H2,20,21,28)/t13?,16-/m0/s1. The molecule has 1 unspecified atom stereocenters. The van der Waals surface area contributed by atoms with Gasteiger partial charge in [0, 0.05) is 22.1 Å². The van der Waals surface area contributed by atoms with E-state index in [1.807, 2.05) is 25.3 Å². The van der Waals surface area contributed by atoms with Gasteiger partial charge in [0.25, 0.3) is 5.91 Å². The number of nitrogens with zero attached hydrogens (tertiary/aromatic N) is 3. The lowest BCUT2D eigenvalue weighted by Crippen LogP contribution is -2.71. The number of aliphatic carboxylic acids is 1. The molecule has 0 saturated carbocycles. The Bertz CT molecular complexity index is 1090. The number of carboxylic acids is 1. The summed E-state index contributed by atoms with van der Waals surface area (Å²) in [4.78, 5) is 39.4. The van der Waals surface area contributed by atoms with Crippen molar-refractivity contribution in [2.24, 2.45) is 0 Å². The predicted molar refractivity (Wildman–Crippen MR) is 127 cm³/mol. The van der Waals surface area contributed by atoms with Crippen LogP contribution in [0.15, 0.2) is 44.8 Å². The average Bonchev–Trinajstić information content (AvgIpc) is 3.20. The monoisotopic (exact) mass is 509 g/mol. The summed E-state index contributed by atoms with van der Waals surface area (Å²) in [6.45, 7) is 1.85. The fourth-order valence-corrected chi connectivity index (χ4v) is 6.97. The summed E-state index contributed by atoms with van der Waals surface area (Å²) in [5.41, 5.74) is 1.26. The molecule has 2 aliphatic rings. The van der Waals surface area contributed by atoms with Gasteiger partial charge in [-0.15, -0.1) is 33.7 Å². The zero-order valence-corrected chi connectivity index (χ0v) is 20.3. The molecule has 13 heteroatoms. The first-order valence-corrected chi connectivity index (χ1v) is 13.5. The molecule has 1 aromatic heterocycles. The minimum Gasteiger partial charge on any atom is -0.477 e. The van der Waals surface area contributed by atoms with E-state index in [0.717, 1.165) is 14.2 Å². The van der Waals surface area contributed by atoms with Crippen molar-refractivity contribution in [3.8, 4) is 0 Å². The summed E-state index contributed by atoms with van der Waals surface area (Å²) in [6, 6.07) is 6.06. The first-order valence-electron chi connectivity index (χ1n) is 9.42. The number of carbonyl (C=O) groups excluding carboxylic acids is 2. The Morgan fingerprint density at radius 2 is 2.03 bits per heavy atom. The molecule has 0 bridgehead atoms. The summed E-state index contributed by atoms with van der Waals surface area (Å²) in [5, 5.41) is 23.5. The fraction of sp³-hybridized carbons (Fsp3) is 0.316. The quantitative estimate of drug-likeness (QED) is 0.381. The number of hydrogen-bond donors (Lipinski definition) is 3. The number of β-lactam (4-membered cyclic amide) rings is 1. The van der Waals surface area contributed by atoms with Gasteiger partial charge in [-0.25, -0.2) is 9.59 Å². The van der Waals surface area contributed by atoms with Gasteiger partial charge < -0.3 is 15.7 Å². The van der Waals surface area contributed by atoms with Gasteiger partial charge >= 0.3 is 12.0 Å². The lowest BCUT2D eigenvalue weighted by molar-refractivity contribution is -0.148. The normalized spacial score (nSPS) is 19.9. The third kappa shape index (κ3) is 4.75. The minimum atomic E-state index is -1.15. The Morgan fingerprint density at radius 3 is 2.66 bits per heavy atom. The van der Waals surface area contributed by atoms with Crippen LogP contribution in [0.4, 0.5) is 10.5 Å². The van der Waals surface area contributed by atoms with Crippen LogP contribution in [-0.2, 0) is 9.59 Å². The molecule has 9 nitrogen and oxygen atoms in total. The number of thioether (sulfide) groups is 3. The number of hydrogen-bond acceptors (Lipinski definition) is 9. The molecular formula is C19H19N5O4S4. The molecule has 2 aromatic rings. The second kappa shape index (κ2) is 9.73. The first-order chi connectivity index (χ1) is 15.4. The lowest BCUT2D eigenvalue weighted by atomic mass is 10.0. The zero-order valence-electron chi connectivity index (χ0n) is 17.0. The van der Waals surface area contributed by atoms with Gasteiger partial charge in [-0.3, -0.25) is 9.69 Å². The highest BCUT2D eigenvalue weighted by Gasteiger charge is 2.54. The summed E-state index contributed by atoms with van der Waals surface area (Å²) in [7, 11) is 0. The molecule has 32 heavy (non-hydrogen) atoms. The van der Waals surface area contributed by atoms with Crippen molar-refractivity contribution in [3.05, 3.63) is 40.5 Å². The highest BCUT2D eigenvalue weighted by atomic mass is 32.2. The van der Waals surface area contributed by atoms with Crippen molar-refractivity contribution in [2.45, 2.75) is 27.6 Å². The molecule has 168 valence electrons. The minimum absolute atomic E-state index is 0.00130. The molecule has 2 aliphatic heterocycles. The summed E-state index contributed by atoms with van der Waals surface area (Å²) in [5.74, 6) is -0.715. The Labute approximate surface area is 200 Å². The lowest BCUT2D eigenvalue weighted by Gasteiger charge is -2.49. The number of anilines is 1. The van der Waals surface area contributed by atoms with E-state index in [9.17, 15) is 19.5 Å². The van der Waals surface area contributed by atoms with Crippen LogP contribution in [0.5, 0.6) is 0 Å². The highest BCUT2D eigenvalue weighted by molar-refractivity contribution is 8.01. The average molecular weight is 510 g/mol. The molecule has 0 spiro atoms. The number of carboxylic acid groups (broad SMARTS) is 1. The van der Waals surface area contributed by atoms with E-state index in [1.54, 1.807) is 23.9 Å². The maximum Gasteiger partial charge on any atom is 0.352 e. The SMILES string of the molecule is CSc1ccc(NC(=O)NC2C(=O)N3C(C(=O)O)=C(CSc4nnc(C)s4)CS[C@@H]23)cc1. The zero-order chi connectivity index (χ0) is 22.8. The Kier molecular flexibility index (Phi) is 6.98. The van der Waals surface area contributed by atoms with Gasteiger partial charge in [0.1, 0.15) is 22.1 Å². The van der Waals surface area contributed by atoms with Crippen LogP contribution in [0, 0.1) is 6.92 Å². The molecule has 3 N–H and O–H groups in total. The van der Waals surface area contributed by atoms with Crippen LogP contribution in [-0.4, -0.2) is 67.3 Å². The molecule has 2 atom stereocenters. The van der Waals surface area contributed by atoms with Gasteiger partial charge in [0.15, 0.2) is 4.34 Å². The van der Waals surface area contributed by atoms with Crippen LogP contribution >= 0.6 is 46.6 Å². The van der Waals surface area contributed by atoms with E-state index < -0.39 is 29.3 Å². The van der Waals surface area contributed by atoms with Crippen LogP contribution in [0.25, 0.3) is 0 Å². The van der Waals surface area contributed by atoms with Crippen LogP contribution in [0.2, 0.25) is 0 Å². The molecule has 3 heterocycles. The Morgan fingerprint density at radius 1 is 1.28 bits per heavy atom. The number of carbonyl (C=O) groups is 3. The first kappa shape index (κ1) is 23.0.